The van der Waals surface area contributed by atoms with E-state index in [2.05, 4.69) is 32.4 Å². The minimum absolute atomic E-state index is 0. The van der Waals surface area contributed by atoms with Crippen molar-refractivity contribution in [2.24, 2.45) is 22.9 Å². The minimum atomic E-state index is -0.535. The molecule has 41 heavy (non-hydrogen) atoms. The summed E-state index contributed by atoms with van der Waals surface area (Å²) in [7, 11) is 0. The number of ether oxygens (including phenoxy) is 2. The average Bonchev–Trinajstić information content (AvgIpc) is 3.35. The van der Waals surface area contributed by atoms with Crippen LogP contribution in [0.25, 0.3) is 0 Å². The smallest absolute Gasteiger partial charge is 0.353 e. The number of Topliss-reactive ketones (excluding diaryl/α,β-unsaturated/α-hetero) is 1. The van der Waals surface area contributed by atoms with Gasteiger partial charge in [0.2, 0.25) is 0 Å². The first-order chi connectivity index (χ1) is 19.1. The Bertz CT molecular complexity index is 695. The van der Waals surface area contributed by atoms with Gasteiger partial charge in [0.25, 0.3) is 0 Å². The molecular formula is C29H59ClN6O5. The fraction of sp³-hybridized carbons (Fsp3) is 0.759. The third-order valence-corrected chi connectivity index (χ3v) is 6.09. The van der Waals surface area contributed by atoms with Crippen LogP contribution in [0.2, 0.25) is 0 Å². The lowest BCUT2D eigenvalue weighted by molar-refractivity contribution is -0.141. The highest BCUT2D eigenvalue weighted by atomic mass is 35.5. The maximum Gasteiger partial charge on any atom is 0.353 e. The van der Waals surface area contributed by atoms with Gasteiger partial charge in [0.05, 0.1) is 25.5 Å². The summed E-state index contributed by atoms with van der Waals surface area (Å²) in [6.45, 7) is 18.7. The molecule has 2 aliphatic heterocycles. The Labute approximate surface area is 254 Å². The van der Waals surface area contributed by atoms with Crippen molar-refractivity contribution in [2.45, 2.75) is 78.1 Å². The summed E-state index contributed by atoms with van der Waals surface area (Å²) >= 11 is 0. The average molecular weight is 607 g/mol. The molecule has 0 atom stereocenters. The molecular weight excluding hydrogens is 548 g/mol. The van der Waals surface area contributed by atoms with Crippen LogP contribution in [0.3, 0.4) is 0 Å². The van der Waals surface area contributed by atoms with Crippen LogP contribution in [0, 0.1) is 0 Å². The SMILES string of the molecule is C=C(N)C(=O)CCCN1CCCCCC1.C=C(N)C(=O)OCC.CCOC(=O)CN.Cl.NCCN1CCCCCC1. The Morgan fingerprint density at radius 1 is 0.707 bits per heavy atom. The lowest BCUT2D eigenvalue weighted by atomic mass is 10.2. The molecule has 2 fully saturated rings. The number of carbonyl (C=O) groups is 3. The van der Waals surface area contributed by atoms with Gasteiger partial charge in [0.1, 0.15) is 5.70 Å². The van der Waals surface area contributed by atoms with Crippen LogP contribution in [-0.4, -0.2) is 93.1 Å². The predicted octanol–water partition coefficient (Wildman–Crippen LogP) is 2.46. The Morgan fingerprint density at radius 2 is 1.15 bits per heavy atom. The van der Waals surface area contributed by atoms with Gasteiger partial charge in [0, 0.05) is 19.5 Å². The number of hydrogen-bond acceptors (Lipinski definition) is 11. The second kappa shape index (κ2) is 30.8. The summed E-state index contributed by atoms with van der Waals surface area (Å²) in [6, 6.07) is 0. The molecule has 2 aliphatic rings. The Kier molecular flexibility index (Phi) is 32.5. The van der Waals surface area contributed by atoms with Crippen molar-refractivity contribution in [1.82, 2.24) is 9.80 Å². The number of nitrogens with two attached hydrogens (primary N) is 4. The van der Waals surface area contributed by atoms with Crippen LogP contribution in [0.5, 0.6) is 0 Å². The van der Waals surface area contributed by atoms with Crippen LogP contribution in [0.1, 0.15) is 78.1 Å². The number of ketones is 1. The Hall–Kier alpha value is -2.18. The van der Waals surface area contributed by atoms with Crippen LogP contribution in [0.4, 0.5) is 0 Å². The number of nitrogens with zero attached hydrogens (tertiary/aromatic N) is 2. The second-order valence-corrected chi connectivity index (χ2v) is 9.61. The normalized spacial score (nSPS) is 15.2. The zero-order valence-corrected chi connectivity index (χ0v) is 26.5. The van der Waals surface area contributed by atoms with E-state index in [9.17, 15) is 14.4 Å². The van der Waals surface area contributed by atoms with Gasteiger partial charge in [0.15, 0.2) is 5.78 Å². The molecule has 12 heteroatoms. The van der Waals surface area contributed by atoms with E-state index < -0.39 is 5.97 Å². The quantitative estimate of drug-likeness (QED) is 0.200. The zero-order chi connectivity index (χ0) is 30.6. The number of likely N-dealkylation sites (tertiary alicyclic amines) is 2. The van der Waals surface area contributed by atoms with Crippen molar-refractivity contribution in [3.63, 3.8) is 0 Å². The number of hydrogen-bond donors (Lipinski definition) is 4. The number of rotatable bonds is 11. The molecule has 0 bridgehead atoms. The number of allylic oxidation sites excluding steroid dienone is 1. The molecule has 0 aromatic carbocycles. The van der Waals surface area contributed by atoms with Crippen molar-refractivity contribution in [3.8, 4) is 0 Å². The summed E-state index contributed by atoms with van der Waals surface area (Å²) in [5.74, 6) is -0.875. The molecule has 8 N–H and O–H groups in total. The first kappa shape index (κ1) is 43.3. The summed E-state index contributed by atoms with van der Waals surface area (Å²) in [5.41, 5.74) is 20.8. The molecule has 0 radical (unpaired) electrons. The van der Waals surface area contributed by atoms with E-state index in [-0.39, 0.29) is 42.1 Å². The molecule has 0 spiro atoms. The van der Waals surface area contributed by atoms with Crippen LogP contribution in [-0.2, 0) is 23.9 Å². The van der Waals surface area contributed by atoms with Crippen molar-refractivity contribution < 1.29 is 23.9 Å². The summed E-state index contributed by atoms with van der Waals surface area (Å²) < 4.78 is 8.87. The van der Waals surface area contributed by atoms with E-state index in [0.29, 0.717) is 19.6 Å². The van der Waals surface area contributed by atoms with Gasteiger partial charge in [-0.05, 0) is 78.7 Å². The van der Waals surface area contributed by atoms with Crippen LogP contribution < -0.4 is 22.9 Å². The first-order valence-corrected chi connectivity index (χ1v) is 14.7. The number of esters is 2. The highest BCUT2D eigenvalue weighted by molar-refractivity contribution is 5.93. The van der Waals surface area contributed by atoms with Crippen LogP contribution >= 0.6 is 12.4 Å². The van der Waals surface area contributed by atoms with Gasteiger partial charge in [-0.1, -0.05) is 38.8 Å². The van der Waals surface area contributed by atoms with E-state index in [0.717, 1.165) is 26.1 Å². The van der Waals surface area contributed by atoms with E-state index in [1.807, 2.05) is 0 Å². The minimum Gasteiger partial charge on any atom is -0.465 e. The highest BCUT2D eigenvalue weighted by Gasteiger charge is 2.10. The zero-order valence-electron chi connectivity index (χ0n) is 25.7. The van der Waals surface area contributed by atoms with Gasteiger partial charge >= 0.3 is 11.9 Å². The van der Waals surface area contributed by atoms with Gasteiger partial charge in [-0.2, -0.15) is 0 Å². The van der Waals surface area contributed by atoms with Crippen LogP contribution in [0.15, 0.2) is 24.6 Å². The molecule has 0 aromatic heterocycles. The molecule has 242 valence electrons. The van der Waals surface area contributed by atoms with E-state index in [4.69, 9.17) is 22.9 Å². The topological polar surface area (TPSA) is 180 Å². The largest absolute Gasteiger partial charge is 0.465 e. The molecule has 2 rings (SSSR count). The van der Waals surface area contributed by atoms with E-state index in [1.54, 1.807) is 13.8 Å². The lowest BCUT2D eigenvalue weighted by Gasteiger charge is -2.19. The molecule has 0 unspecified atom stereocenters. The second-order valence-electron chi connectivity index (χ2n) is 9.61. The maximum absolute atomic E-state index is 11.2. The third kappa shape index (κ3) is 29.1. The Morgan fingerprint density at radius 3 is 1.44 bits per heavy atom. The fourth-order valence-electron chi connectivity index (χ4n) is 3.97. The Balaban J connectivity index is -0.000000489. The summed E-state index contributed by atoms with van der Waals surface area (Å²) in [4.78, 5) is 36.5. The number of carbonyl (C=O) groups excluding carboxylic acids is 3. The first-order valence-electron chi connectivity index (χ1n) is 14.7. The molecule has 0 aromatic rings. The standard InChI is InChI=1S/C12H22N2O.C8H18N2.C5H9NO2.C4H9NO2.ClH/c1-11(13)12(15)7-6-10-14-8-4-2-3-5-9-14;9-5-8-10-6-3-1-2-4-7-10;1-3-8-5(7)4(2)6;1-2-7-4(6)3-5;/h1-10,13H2;1-9H2;2-3,6H2,1H3;2-3,5H2,1H3;1H. The van der Waals surface area contributed by atoms with Crippen molar-refractivity contribution in [1.29, 1.82) is 0 Å². The lowest BCUT2D eigenvalue weighted by Crippen LogP contribution is -2.30. The van der Waals surface area contributed by atoms with Gasteiger partial charge in [-0.15, -0.1) is 12.4 Å². The van der Waals surface area contributed by atoms with Gasteiger partial charge < -0.3 is 42.2 Å². The molecule has 0 amide bonds. The number of halogens is 1. The van der Waals surface area contributed by atoms with E-state index >= 15 is 0 Å². The molecule has 0 aliphatic carbocycles. The molecule has 2 saturated heterocycles. The molecule has 0 saturated carbocycles. The predicted molar refractivity (Wildman–Crippen MR) is 169 cm³/mol. The van der Waals surface area contributed by atoms with Crippen molar-refractivity contribution in [2.75, 3.05) is 65.6 Å². The van der Waals surface area contributed by atoms with Gasteiger partial charge in [-0.3, -0.25) is 9.59 Å². The van der Waals surface area contributed by atoms with Gasteiger partial charge in [-0.25, -0.2) is 4.79 Å². The van der Waals surface area contributed by atoms with E-state index in [1.165, 1.54) is 77.5 Å². The fourth-order valence-corrected chi connectivity index (χ4v) is 3.97. The van der Waals surface area contributed by atoms with Crippen molar-refractivity contribution >= 4 is 30.1 Å². The summed E-state index contributed by atoms with van der Waals surface area (Å²) in [5, 5.41) is 0. The summed E-state index contributed by atoms with van der Waals surface area (Å²) in [6.07, 6.45) is 12.4. The third-order valence-electron chi connectivity index (χ3n) is 6.09. The maximum atomic E-state index is 11.2. The van der Waals surface area contributed by atoms with Crippen molar-refractivity contribution in [3.05, 3.63) is 24.6 Å². The molecule has 11 nitrogen and oxygen atoms in total. The highest BCUT2D eigenvalue weighted by Crippen LogP contribution is 2.10. The monoisotopic (exact) mass is 606 g/mol. The molecule has 2 heterocycles.